The third kappa shape index (κ3) is 4.36. The molecule has 7 nitrogen and oxygen atoms in total. The quantitative estimate of drug-likeness (QED) is 0.666. The van der Waals surface area contributed by atoms with Gasteiger partial charge in [0.2, 0.25) is 11.7 Å². The number of hydrogen-bond acceptors (Lipinski definition) is 5. The van der Waals surface area contributed by atoms with Gasteiger partial charge in [-0.05, 0) is 53.7 Å². The van der Waals surface area contributed by atoms with Crippen molar-refractivity contribution in [1.82, 2.24) is 20.2 Å². The number of Topliss-reactive ketones (excluding diaryl/α,β-unsaturated/α-hetero) is 1. The number of anilines is 1. The first-order chi connectivity index (χ1) is 12.0. The minimum atomic E-state index is -0.161. The van der Waals surface area contributed by atoms with Crippen LogP contribution in [-0.4, -0.2) is 31.9 Å². The number of rotatable bonds is 5. The highest BCUT2D eigenvalue weighted by molar-refractivity contribution is 9.10. The first-order valence-corrected chi connectivity index (χ1v) is 8.25. The standard InChI is InChI=1S/C17H14BrN5O2/c1-11(24)19-15-8-4-12(5-9-15)16(25)10-23-21-17(20-22-23)13-2-6-14(18)7-3-13/h2-9H,10H2,1H3,(H,19,24). The Bertz CT molecular complexity index is 904. The van der Waals surface area contributed by atoms with E-state index >= 15 is 0 Å². The van der Waals surface area contributed by atoms with Crippen molar-refractivity contribution in [3.05, 3.63) is 58.6 Å². The molecule has 8 heteroatoms. The Hall–Kier alpha value is -2.87. The van der Waals surface area contributed by atoms with Gasteiger partial charge in [-0.15, -0.1) is 10.2 Å². The first-order valence-electron chi connectivity index (χ1n) is 7.46. The van der Waals surface area contributed by atoms with Gasteiger partial charge in [-0.2, -0.15) is 4.80 Å². The first kappa shape index (κ1) is 17.0. The fourth-order valence-electron chi connectivity index (χ4n) is 2.19. The second-order valence-corrected chi connectivity index (χ2v) is 6.25. The van der Waals surface area contributed by atoms with E-state index in [9.17, 15) is 9.59 Å². The number of halogens is 1. The molecule has 25 heavy (non-hydrogen) atoms. The van der Waals surface area contributed by atoms with Crippen LogP contribution in [0.2, 0.25) is 0 Å². The van der Waals surface area contributed by atoms with Crippen molar-refractivity contribution in [3.8, 4) is 11.4 Å². The second kappa shape index (κ2) is 7.35. The molecule has 1 amide bonds. The van der Waals surface area contributed by atoms with E-state index in [2.05, 4.69) is 36.7 Å². The number of nitrogens with one attached hydrogen (secondary N) is 1. The molecule has 3 rings (SSSR count). The van der Waals surface area contributed by atoms with Gasteiger partial charge in [-0.1, -0.05) is 15.9 Å². The molecule has 0 unspecified atom stereocenters. The predicted octanol–water partition coefficient (Wildman–Crippen LogP) is 2.94. The minimum absolute atomic E-state index is 0.0109. The van der Waals surface area contributed by atoms with Gasteiger partial charge in [0.05, 0.1) is 0 Å². The van der Waals surface area contributed by atoms with Crippen molar-refractivity contribution in [2.24, 2.45) is 0 Å². The van der Waals surface area contributed by atoms with Crippen LogP contribution in [0.4, 0.5) is 5.69 Å². The maximum absolute atomic E-state index is 12.3. The highest BCUT2D eigenvalue weighted by atomic mass is 79.9. The Morgan fingerprint density at radius 2 is 1.76 bits per heavy atom. The van der Waals surface area contributed by atoms with Gasteiger partial charge >= 0.3 is 0 Å². The van der Waals surface area contributed by atoms with E-state index in [0.717, 1.165) is 10.0 Å². The Kier molecular flexibility index (Phi) is 4.99. The molecule has 0 aliphatic rings. The van der Waals surface area contributed by atoms with Crippen LogP contribution in [0.3, 0.4) is 0 Å². The third-order valence-electron chi connectivity index (χ3n) is 3.37. The zero-order chi connectivity index (χ0) is 17.8. The fourth-order valence-corrected chi connectivity index (χ4v) is 2.45. The maximum Gasteiger partial charge on any atom is 0.221 e. The summed E-state index contributed by atoms with van der Waals surface area (Å²) in [4.78, 5) is 24.6. The zero-order valence-electron chi connectivity index (χ0n) is 13.3. The number of aromatic nitrogens is 4. The van der Waals surface area contributed by atoms with E-state index in [4.69, 9.17) is 0 Å². The number of ketones is 1. The molecular weight excluding hydrogens is 386 g/mol. The average molecular weight is 400 g/mol. The molecule has 1 N–H and O–H groups in total. The molecule has 0 atom stereocenters. The van der Waals surface area contributed by atoms with Gasteiger partial charge < -0.3 is 5.32 Å². The Morgan fingerprint density at radius 3 is 2.40 bits per heavy atom. The van der Waals surface area contributed by atoms with Crippen molar-refractivity contribution in [2.45, 2.75) is 13.5 Å². The summed E-state index contributed by atoms with van der Waals surface area (Å²) >= 11 is 3.37. The molecule has 0 saturated carbocycles. The topological polar surface area (TPSA) is 89.8 Å². The van der Waals surface area contributed by atoms with Crippen LogP contribution < -0.4 is 5.32 Å². The SMILES string of the molecule is CC(=O)Nc1ccc(C(=O)Cn2nnc(-c3ccc(Br)cc3)n2)cc1. The van der Waals surface area contributed by atoms with Gasteiger partial charge in [-0.3, -0.25) is 9.59 Å². The summed E-state index contributed by atoms with van der Waals surface area (Å²) in [7, 11) is 0. The van der Waals surface area contributed by atoms with E-state index in [0.29, 0.717) is 17.1 Å². The Morgan fingerprint density at radius 1 is 1.08 bits per heavy atom. The summed E-state index contributed by atoms with van der Waals surface area (Å²) < 4.78 is 0.960. The van der Waals surface area contributed by atoms with E-state index < -0.39 is 0 Å². The van der Waals surface area contributed by atoms with Crippen molar-refractivity contribution in [2.75, 3.05) is 5.32 Å². The molecule has 0 fully saturated rings. The van der Waals surface area contributed by atoms with Crippen LogP contribution in [0.5, 0.6) is 0 Å². The Balaban J connectivity index is 1.69. The summed E-state index contributed by atoms with van der Waals surface area (Å²) in [5.74, 6) is 0.154. The highest BCUT2D eigenvalue weighted by Gasteiger charge is 2.11. The molecule has 0 radical (unpaired) electrons. The number of amides is 1. The number of nitrogens with zero attached hydrogens (tertiary/aromatic N) is 4. The van der Waals surface area contributed by atoms with Crippen molar-refractivity contribution < 1.29 is 9.59 Å². The number of carbonyl (C=O) groups excluding carboxylic acids is 2. The van der Waals surface area contributed by atoms with Gasteiger partial charge in [0.25, 0.3) is 0 Å². The average Bonchev–Trinajstić information content (AvgIpc) is 3.04. The second-order valence-electron chi connectivity index (χ2n) is 5.33. The van der Waals surface area contributed by atoms with E-state index in [-0.39, 0.29) is 18.2 Å². The molecular formula is C17H14BrN5O2. The molecule has 0 saturated heterocycles. The lowest BCUT2D eigenvalue weighted by Crippen LogP contribution is -2.13. The summed E-state index contributed by atoms with van der Waals surface area (Å²) in [6.07, 6.45) is 0. The van der Waals surface area contributed by atoms with E-state index in [1.807, 2.05) is 24.3 Å². The number of tetrazole rings is 1. The summed E-state index contributed by atoms with van der Waals surface area (Å²) in [6, 6.07) is 14.2. The molecule has 3 aromatic rings. The number of hydrogen-bond donors (Lipinski definition) is 1. The van der Waals surface area contributed by atoms with Crippen LogP contribution in [0, 0.1) is 0 Å². The zero-order valence-corrected chi connectivity index (χ0v) is 14.9. The van der Waals surface area contributed by atoms with Crippen LogP contribution in [0.25, 0.3) is 11.4 Å². The predicted molar refractivity (Wildman–Crippen MR) is 96.0 cm³/mol. The van der Waals surface area contributed by atoms with Crippen LogP contribution in [0.15, 0.2) is 53.0 Å². The van der Waals surface area contributed by atoms with E-state index in [1.165, 1.54) is 11.7 Å². The summed E-state index contributed by atoms with van der Waals surface area (Å²) in [5, 5.41) is 14.8. The number of benzene rings is 2. The monoisotopic (exact) mass is 399 g/mol. The highest BCUT2D eigenvalue weighted by Crippen LogP contribution is 2.17. The molecule has 0 aliphatic heterocycles. The van der Waals surface area contributed by atoms with Crippen molar-refractivity contribution in [1.29, 1.82) is 0 Å². The lowest BCUT2D eigenvalue weighted by Gasteiger charge is -2.03. The lowest BCUT2D eigenvalue weighted by atomic mass is 10.1. The molecule has 1 aromatic heterocycles. The fraction of sp³-hybridized carbons (Fsp3) is 0.118. The maximum atomic E-state index is 12.3. The smallest absolute Gasteiger partial charge is 0.221 e. The molecule has 1 heterocycles. The molecule has 0 aliphatic carbocycles. The third-order valence-corrected chi connectivity index (χ3v) is 3.90. The van der Waals surface area contributed by atoms with Crippen molar-refractivity contribution >= 4 is 33.3 Å². The molecule has 126 valence electrons. The van der Waals surface area contributed by atoms with E-state index in [1.54, 1.807) is 24.3 Å². The molecule has 0 bridgehead atoms. The lowest BCUT2D eigenvalue weighted by molar-refractivity contribution is -0.114. The van der Waals surface area contributed by atoms with Crippen molar-refractivity contribution in [3.63, 3.8) is 0 Å². The van der Waals surface area contributed by atoms with Gasteiger partial charge in [0.15, 0.2) is 5.78 Å². The minimum Gasteiger partial charge on any atom is -0.326 e. The summed E-state index contributed by atoms with van der Waals surface area (Å²) in [5.41, 5.74) is 1.97. The number of carbonyl (C=O) groups is 2. The van der Waals surface area contributed by atoms with Gasteiger partial charge in [0.1, 0.15) is 6.54 Å². The summed E-state index contributed by atoms with van der Waals surface area (Å²) in [6.45, 7) is 1.42. The molecule has 2 aromatic carbocycles. The largest absolute Gasteiger partial charge is 0.326 e. The molecule has 0 spiro atoms. The van der Waals surface area contributed by atoms with Crippen LogP contribution >= 0.6 is 15.9 Å². The van der Waals surface area contributed by atoms with Gasteiger partial charge in [0, 0.05) is 28.2 Å². The van der Waals surface area contributed by atoms with Gasteiger partial charge in [-0.25, -0.2) is 0 Å². The van der Waals surface area contributed by atoms with Crippen LogP contribution in [-0.2, 0) is 11.3 Å². The van der Waals surface area contributed by atoms with Crippen LogP contribution in [0.1, 0.15) is 17.3 Å². The normalized spacial score (nSPS) is 10.5. The Labute approximate surface area is 152 Å².